The van der Waals surface area contributed by atoms with E-state index in [0.717, 1.165) is 0 Å². The molecule has 1 aliphatic heterocycles. The van der Waals surface area contributed by atoms with Crippen LogP contribution in [0.3, 0.4) is 0 Å². The summed E-state index contributed by atoms with van der Waals surface area (Å²) in [4.78, 5) is 0. The SMILES string of the molecule is CC1[C@H](C)O[C@H](CO)[C@@H]1O. The lowest BCUT2D eigenvalue weighted by Crippen LogP contribution is -2.28. The summed E-state index contributed by atoms with van der Waals surface area (Å²) in [5.74, 6) is 0.136. The van der Waals surface area contributed by atoms with Gasteiger partial charge in [0.15, 0.2) is 0 Å². The van der Waals surface area contributed by atoms with E-state index < -0.39 is 6.10 Å². The summed E-state index contributed by atoms with van der Waals surface area (Å²) in [6, 6.07) is 0. The Morgan fingerprint density at radius 1 is 1.40 bits per heavy atom. The smallest absolute Gasteiger partial charge is 0.107 e. The molecule has 2 N–H and O–H groups in total. The Bertz CT molecular complexity index is 115. The van der Waals surface area contributed by atoms with Gasteiger partial charge in [-0.15, -0.1) is 0 Å². The number of hydrogen-bond acceptors (Lipinski definition) is 3. The second-order valence-corrected chi connectivity index (χ2v) is 2.91. The summed E-state index contributed by atoms with van der Waals surface area (Å²) >= 11 is 0. The standard InChI is InChI=1S/C7H14O3/c1-4-5(2)10-6(3-8)7(4)9/h4-9H,3H2,1-2H3/t4?,5-,6+,7+/m0/s1. The van der Waals surface area contributed by atoms with E-state index in [-0.39, 0.29) is 24.7 Å². The molecule has 1 rings (SSSR count). The predicted octanol–water partition coefficient (Wildman–Crippen LogP) is -0.237. The summed E-state index contributed by atoms with van der Waals surface area (Å²) < 4.78 is 5.23. The Hall–Kier alpha value is -0.120. The first-order chi connectivity index (χ1) is 4.66. The van der Waals surface area contributed by atoms with E-state index in [1.807, 2.05) is 13.8 Å². The molecule has 0 aliphatic carbocycles. The van der Waals surface area contributed by atoms with Crippen LogP contribution in [0.2, 0.25) is 0 Å². The monoisotopic (exact) mass is 146 g/mol. The van der Waals surface area contributed by atoms with Crippen molar-refractivity contribution in [1.29, 1.82) is 0 Å². The minimum Gasteiger partial charge on any atom is -0.394 e. The number of rotatable bonds is 1. The molecule has 4 atom stereocenters. The molecule has 0 bridgehead atoms. The quantitative estimate of drug-likeness (QED) is 0.537. The Labute approximate surface area is 60.6 Å². The molecule has 1 fully saturated rings. The highest BCUT2D eigenvalue weighted by molar-refractivity contribution is 4.85. The lowest BCUT2D eigenvalue weighted by molar-refractivity contribution is -0.0170. The van der Waals surface area contributed by atoms with Gasteiger partial charge in [0.05, 0.1) is 18.8 Å². The van der Waals surface area contributed by atoms with Gasteiger partial charge >= 0.3 is 0 Å². The maximum absolute atomic E-state index is 9.34. The van der Waals surface area contributed by atoms with Gasteiger partial charge in [-0.25, -0.2) is 0 Å². The van der Waals surface area contributed by atoms with Gasteiger partial charge in [0.25, 0.3) is 0 Å². The van der Waals surface area contributed by atoms with Crippen LogP contribution >= 0.6 is 0 Å². The molecular weight excluding hydrogens is 132 g/mol. The van der Waals surface area contributed by atoms with Gasteiger partial charge in [0, 0.05) is 5.92 Å². The van der Waals surface area contributed by atoms with Gasteiger partial charge in [-0.2, -0.15) is 0 Å². The van der Waals surface area contributed by atoms with E-state index in [4.69, 9.17) is 9.84 Å². The van der Waals surface area contributed by atoms with Crippen molar-refractivity contribution in [2.24, 2.45) is 5.92 Å². The molecule has 1 heterocycles. The largest absolute Gasteiger partial charge is 0.394 e. The van der Waals surface area contributed by atoms with Crippen LogP contribution in [0.5, 0.6) is 0 Å². The molecular formula is C7H14O3. The van der Waals surface area contributed by atoms with E-state index in [1.54, 1.807) is 0 Å². The molecule has 0 spiro atoms. The summed E-state index contributed by atoms with van der Waals surface area (Å²) in [6.07, 6.45) is -0.808. The predicted molar refractivity (Wildman–Crippen MR) is 36.6 cm³/mol. The minimum absolute atomic E-state index is 0.0622. The van der Waals surface area contributed by atoms with Crippen LogP contribution in [-0.2, 0) is 4.74 Å². The number of ether oxygens (including phenoxy) is 1. The van der Waals surface area contributed by atoms with Crippen molar-refractivity contribution < 1.29 is 14.9 Å². The molecule has 1 unspecified atom stereocenters. The second kappa shape index (κ2) is 2.86. The number of aliphatic hydroxyl groups excluding tert-OH is 2. The molecule has 0 amide bonds. The highest BCUT2D eigenvalue weighted by Gasteiger charge is 2.37. The van der Waals surface area contributed by atoms with E-state index >= 15 is 0 Å². The van der Waals surface area contributed by atoms with Crippen LogP contribution in [-0.4, -0.2) is 35.1 Å². The average Bonchev–Trinajstić information content (AvgIpc) is 2.17. The Morgan fingerprint density at radius 3 is 2.20 bits per heavy atom. The van der Waals surface area contributed by atoms with Crippen molar-refractivity contribution in [3.8, 4) is 0 Å². The van der Waals surface area contributed by atoms with E-state index in [1.165, 1.54) is 0 Å². The van der Waals surface area contributed by atoms with Gasteiger partial charge in [-0.05, 0) is 6.92 Å². The molecule has 0 saturated carbocycles. The van der Waals surface area contributed by atoms with Crippen LogP contribution in [0.25, 0.3) is 0 Å². The van der Waals surface area contributed by atoms with E-state index in [0.29, 0.717) is 0 Å². The zero-order valence-electron chi connectivity index (χ0n) is 6.32. The zero-order valence-corrected chi connectivity index (χ0v) is 6.32. The highest BCUT2D eigenvalue weighted by Crippen LogP contribution is 2.25. The molecule has 3 nitrogen and oxygen atoms in total. The van der Waals surface area contributed by atoms with Crippen molar-refractivity contribution in [3.05, 3.63) is 0 Å². The van der Waals surface area contributed by atoms with Gasteiger partial charge in [0.1, 0.15) is 6.10 Å². The second-order valence-electron chi connectivity index (χ2n) is 2.91. The van der Waals surface area contributed by atoms with Crippen LogP contribution in [0.15, 0.2) is 0 Å². The molecule has 0 radical (unpaired) electrons. The van der Waals surface area contributed by atoms with Crippen LogP contribution in [0.1, 0.15) is 13.8 Å². The highest BCUT2D eigenvalue weighted by atomic mass is 16.5. The van der Waals surface area contributed by atoms with E-state index in [2.05, 4.69) is 0 Å². The summed E-state index contributed by atoms with van der Waals surface area (Å²) in [6.45, 7) is 3.74. The normalized spacial score (nSPS) is 48.0. The summed E-state index contributed by atoms with van der Waals surface area (Å²) in [7, 11) is 0. The Kier molecular flexibility index (Phi) is 2.28. The molecule has 0 aromatic rings. The lowest BCUT2D eigenvalue weighted by Gasteiger charge is -2.11. The molecule has 0 aromatic carbocycles. The summed E-state index contributed by atoms with van der Waals surface area (Å²) in [5, 5.41) is 18.0. The minimum atomic E-state index is -0.500. The van der Waals surface area contributed by atoms with Gasteiger partial charge in [-0.1, -0.05) is 6.92 Å². The van der Waals surface area contributed by atoms with E-state index in [9.17, 15) is 5.11 Å². The van der Waals surface area contributed by atoms with Gasteiger partial charge in [-0.3, -0.25) is 0 Å². The molecule has 0 aromatic heterocycles. The van der Waals surface area contributed by atoms with Crippen LogP contribution in [0.4, 0.5) is 0 Å². The Balaban J connectivity index is 2.53. The first kappa shape index (κ1) is 7.98. The van der Waals surface area contributed by atoms with Crippen molar-refractivity contribution in [3.63, 3.8) is 0 Å². The number of aliphatic hydroxyl groups is 2. The average molecular weight is 146 g/mol. The topological polar surface area (TPSA) is 49.7 Å². The van der Waals surface area contributed by atoms with Crippen molar-refractivity contribution >= 4 is 0 Å². The molecule has 1 saturated heterocycles. The Morgan fingerprint density at radius 2 is 2.00 bits per heavy atom. The molecule has 10 heavy (non-hydrogen) atoms. The summed E-state index contributed by atoms with van der Waals surface area (Å²) in [5.41, 5.74) is 0. The van der Waals surface area contributed by atoms with Crippen LogP contribution in [0, 0.1) is 5.92 Å². The van der Waals surface area contributed by atoms with Crippen molar-refractivity contribution in [2.45, 2.75) is 32.2 Å². The van der Waals surface area contributed by atoms with Crippen molar-refractivity contribution in [2.75, 3.05) is 6.61 Å². The first-order valence-corrected chi connectivity index (χ1v) is 3.61. The fourth-order valence-electron chi connectivity index (χ4n) is 1.25. The van der Waals surface area contributed by atoms with Gasteiger partial charge < -0.3 is 14.9 Å². The maximum Gasteiger partial charge on any atom is 0.107 e. The maximum atomic E-state index is 9.34. The number of hydrogen-bond donors (Lipinski definition) is 2. The fourth-order valence-corrected chi connectivity index (χ4v) is 1.25. The lowest BCUT2D eigenvalue weighted by atomic mass is 10.00. The van der Waals surface area contributed by atoms with Gasteiger partial charge in [0.2, 0.25) is 0 Å². The first-order valence-electron chi connectivity index (χ1n) is 3.61. The third-order valence-electron chi connectivity index (χ3n) is 2.23. The third kappa shape index (κ3) is 1.17. The molecule has 3 heteroatoms. The molecule has 60 valence electrons. The molecule has 1 aliphatic rings. The zero-order chi connectivity index (χ0) is 7.72. The third-order valence-corrected chi connectivity index (χ3v) is 2.23. The van der Waals surface area contributed by atoms with Crippen LogP contribution < -0.4 is 0 Å². The van der Waals surface area contributed by atoms with Crippen molar-refractivity contribution in [1.82, 2.24) is 0 Å². The fraction of sp³-hybridized carbons (Fsp3) is 1.00.